The monoisotopic (exact) mass is 245 g/mol. The standard InChI is InChI=1S/C13H11NS2/c1-15-13-10-6-7-16-12(10)8-9-4-2-3-5-11(9)14-13/h2-7H,8H2,1H3. The number of para-hydroxylation sites is 1. The summed E-state index contributed by atoms with van der Waals surface area (Å²) < 4.78 is 0. The third-order valence-electron chi connectivity index (χ3n) is 2.73. The molecular weight excluding hydrogens is 234 g/mol. The molecule has 1 aliphatic heterocycles. The highest BCUT2D eigenvalue weighted by Gasteiger charge is 2.16. The van der Waals surface area contributed by atoms with E-state index in [9.17, 15) is 0 Å². The third-order valence-corrected chi connectivity index (χ3v) is 4.35. The molecule has 3 heteroatoms. The van der Waals surface area contributed by atoms with Gasteiger partial charge in [0.1, 0.15) is 5.04 Å². The molecule has 0 N–H and O–H groups in total. The summed E-state index contributed by atoms with van der Waals surface area (Å²) in [6, 6.07) is 10.6. The molecule has 1 aromatic carbocycles. The lowest BCUT2D eigenvalue weighted by molar-refractivity contribution is 1.24. The molecule has 0 aliphatic carbocycles. The van der Waals surface area contributed by atoms with Crippen molar-refractivity contribution in [3.63, 3.8) is 0 Å². The van der Waals surface area contributed by atoms with E-state index in [1.807, 2.05) is 11.3 Å². The summed E-state index contributed by atoms with van der Waals surface area (Å²) in [6.45, 7) is 0. The molecule has 0 spiro atoms. The summed E-state index contributed by atoms with van der Waals surface area (Å²) in [5.41, 5.74) is 3.76. The van der Waals surface area contributed by atoms with E-state index in [-0.39, 0.29) is 0 Å². The summed E-state index contributed by atoms with van der Waals surface area (Å²) in [5, 5.41) is 3.30. The third kappa shape index (κ3) is 1.60. The zero-order valence-electron chi connectivity index (χ0n) is 8.93. The first-order valence-corrected chi connectivity index (χ1v) is 7.26. The van der Waals surface area contributed by atoms with Gasteiger partial charge in [0.25, 0.3) is 0 Å². The highest BCUT2D eigenvalue weighted by atomic mass is 32.2. The largest absolute Gasteiger partial charge is 0.241 e. The van der Waals surface area contributed by atoms with Crippen molar-refractivity contribution in [3.05, 3.63) is 51.7 Å². The minimum atomic E-state index is 1.01. The Balaban J connectivity index is 2.23. The summed E-state index contributed by atoms with van der Waals surface area (Å²) in [6.07, 6.45) is 3.10. The van der Waals surface area contributed by atoms with Gasteiger partial charge in [-0.3, -0.25) is 0 Å². The maximum Gasteiger partial charge on any atom is 0.105 e. The van der Waals surface area contributed by atoms with Crippen molar-refractivity contribution in [2.24, 2.45) is 4.99 Å². The summed E-state index contributed by atoms with van der Waals surface area (Å²) in [7, 11) is 0. The topological polar surface area (TPSA) is 12.4 Å². The first kappa shape index (κ1) is 10.1. The van der Waals surface area contributed by atoms with Gasteiger partial charge >= 0.3 is 0 Å². The first-order chi connectivity index (χ1) is 7.88. The van der Waals surface area contributed by atoms with Crippen LogP contribution in [0.2, 0.25) is 0 Å². The zero-order chi connectivity index (χ0) is 11.0. The molecule has 0 radical (unpaired) electrons. The molecule has 0 fully saturated rings. The van der Waals surface area contributed by atoms with E-state index >= 15 is 0 Å². The number of rotatable bonds is 0. The van der Waals surface area contributed by atoms with Crippen LogP contribution in [0.25, 0.3) is 0 Å². The Kier molecular flexibility index (Phi) is 2.58. The van der Waals surface area contributed by atoms with Crippen molar-refractivity contribution in [1.29, 1.82) is 0 Å². The first-order valence-electron chi connectivity index (χ1n) is 5.16. The molecule has 0 unspecified atom stereocenters. The van der Waals surface area contributed by atoms with Crippen LogP contribution in [-0.4, -0.2) is 11.3 Å². The predicted octanol–water partition coefficient (Wildman–Crippen LogP) is 4.09. The molecule has 1 nitrogen and oxygen atoms in total. The second kappa shape index (κ2) is 4.07. The van der Waals surface area contributed by atoms with E-state index in [1.54, 1.807) is 11.8 Å². The molecule has 2 heterocycles. The van der Waals surface area contributed by atoms with Gasteiger partial charge in [0.15, 0.2) is 0 Å². The van der Waals surface area contributed by atoms with Gasteiger partial charge in [-0.05, 0) is 29.3 Å². The lowest BCUT2D eigenvalue weighted by Gasteiger charge is -2.00. The lowest BCUT2D eigenvalue weighted by atomic mass is 10.1. The fourth-order valence-electron chi connectivity index (χ4n) is 1.94. The minimum absolute atomic E-state index is 1.01. The lowest BCUT2D eigenvalue weighted by Crippen LogP contribution is -1.93. The summed E-state index contributed by atoms with van der Waals surface area (Å²) in [4.78, 5) is 6.19. The van der Waals surface area contributed by atoms with Crippen LogP contribution in [0.4, 0.5) is 5.69 Å². The number of hydrogen-bond donors (Lipinski definition) is 0. The van der Waals surface area contributed by atoms with Gasteiger partial charge < -0.3 is 0 Å². The van der Waals surface area contributed by atoms with Crippen LogP contribution in [0.3, 0.4) is 0 Å². The van der Waals surface area contributed by atoms with Crippen LogP contribution in [0.15, 0.2) is 40.7 Å². The van der Waals surface area contributed by atoms with Crippen molar-refractivity contribution < 1.29 is 0 Å². The summed E-state index contributed by atoms with van der Waals surface area (Å²) in [5.74, 6) is 0. The van der Waals surface area contributed by atoms with Gasteiger partial charge in [-0.1, -0.05) is 18.2 Å². The van der Waals surface area contributed by atoms with E-state index in [0.29, 0.717) is 0 Å². The van der Waals surface area contributed by atoms with Crippen LogP contribution in [0.5, 0.6) is 0 Å². The average molecular weight is 245 g/mol. The quantitative estimate of drug-likeness (QED) is 0.681. The molecule has 1 aromatic heterocycles. The number of thiophene rings is 1. The van der Waals surface area contributed by atoms with Gasteiger partial charge in [0.05, 0.1) is 5.69 Å². The molecule has 0 saturated carbocycles. The number of benzene rings is 1. The van der Waals surface area contributed by atoms with Gasteiger partial charge in [-0.15, -0.1) is 23.1 Å². The molecule has 0 bridgehead atoms. The molecule has 3 rings (SSSR count). The van der Waals surface area contributed by atoms with Crippen LogP contribution in [0, 0.1) is 0 Å². The van der Waals surface area contributed by atoms with Crippen molar-refractivity contribution in [3.8, 4) is 0 Å². The Hall–Kier alpha value is -1.06. The second-order valence-corrected chi connectivity index (χ2v) is 5.48. The Labute approximate surface area is 103 Å². The van der Waals surface area contributed by atoms with Crippen molar-refractivity contribution in [2.75, 3.05) is 6.26 Å². The summed E-state index contributed by atoms with van der Waals surface area (Å²) >= 11 is 3.55. The van der Waals surface area contributed by atoms with E-state index in [2.05, 4.69) is 42.0 Å². The fraction of sp³-hybridized carbons (Fsp3) is 0.154. The highest BCUT2D eigenvalue weighted by Crippen LogP contribution is 2.33. The maximum absolute atomic E-state index is 4.76. The molecule has 0 atom stereocenters. The number of aliphatic imine (C=N–C) groups is 1. The molecule has 80 valence electrons. The zero-order valence-corrected chi connectivity index (χ0v) is 10.6. The van der Waals surface area contributed by atoms with E-state index in [1.165, 1.54) is 16.0 Å². The number of hydrogen-bond acceptors (Lipinski definition) is 3. The van der Waals surface area contributed by atoms with Crippen LogP contribution in [-0.2, 0) is 6.42 Å². The predicted molar refractivity (Wildman–Crippen MR) is 73.3 cm³/mol. The van der Waals surface area contributed by atoms with Crippen LogP contribution in [0.1, 0.15) is 16.0 Å². The Morgan fingerprint density at radius 2 is 2.12 bits per heavy atom. The van der Waals surface area contributed by atoms with Crippen LogP contribution < -0.4 is 0 Å². The molecular formula is C13H11NS2. The molecule has 2 aromatic rings. The van der Waals surface area contributed by atoms with Crippen molar-refractivity contribution >= 4 is 33.8 Å². The molecule has 0 saturated heterocycles. The number of fused-ring (bicyclic) bond motifs is 2. The minimum Gasteiger partial charge on any atom is -0.241 e. The number of thioether (sulfide) groups is 1. The van der Waals surface area contributed by atoms with Gasteiger partial charge in [0, 0.05) is 16.9 Å². The Morgan fingerprint density at radius 3 is 3.00 bits per heavy atom. The van der Waals surface area contributed by atoms with Crippen molar-refractivity contribution in [1.82, 2.24) is 0 Å². The second-order valence-electron chi connectivity index (χ2n) is 3.68. The smallest absolute Gasteiger partial charge is 0.105 e. The van der Waals surface area contributed by atoms with Gasteiger partial charge in [-0.2, -0.15) is 0 Å². The SMILES string of the molecule is CSC1=Nc2ccccc2Cc2sccc21. The van der Waals surface area contributed by atoms with E-state index in [4.69, 9.17) is 4.99 Å². The van der Waals surface area contributed by atoms with E-state index in [0.717, 1.165) is 17.2 Å². The van der Waals surface area contributed by atoms with Gasteiger partial charge in [-0.25, -0.2) is 4.99 Å². The normalized spacial score (nSPS) is 13.7. The maximum atomic E-state index is 4.76. The van der Waals surface area contributed by atoms with Gasteiger partial charge in [0.2, 0.25) is 0 Å². The Bertz CT molecular complexity index is 555. The Morgan fingerprint density at radius 1 is 1.25 bits per heavy atom. The molecule has 16 heavy (non-hydrogen) atoms. The molecule has 0 amide bonds. The van der Waals surface area contributed by atoms with Crippen LogP contribution >= 0.6 is 23.1 Å². The van der Waals surface area contributed by atoms with E-state index < -0.39 is 0 Å². The number of nitrogens with zero attached hydrogens (tertiary/aromatic N) is 1. The average Bonchev–Trinajstić information content (AvgIpc) is 2.70. The fourth-order valence-corrected chi connectivity index (χ4v) is 3.50. The molecule has 1 aliphatic rings. The highest BCUT2D eigenvalue weighted by molar-refractivity contribution is 8.13. The van der Waals surface area contributed by atoms with Crippen molar-refractivity contribution in [2.45, 2.75) is 6.42 Å².